The van der Waals surface area contributed by atoms with Gasteiger partial charge in [0, 0.05) is 32.4 Å². The van der Waals surface area contributed by atoms with Gasteiger partial charge in [0.2, 0.25) is 10.0 Å². The molecule has 30 heavy (non-hydrogen) atoms. The average molecular weight is 429 g/mol. The molecule has 0 spiro atoms. The third kappa shape index (κ3) is 3.87. The summed E-state index contributed by atoms with van der Waals surface area (Å²) in [5.74, 6) is 1.20. The lowest BCUT2D eigenvalue weighted by molar-refractivity contribution is 0.168. The summed E-state index contributed by atoms with van der Waals surface area (Å²) in [6.45, 7) is 5.54. The first-order chi connectivity index (χ1) is 14.4. The highest BCUT2D eigenvalue weighted by Crippen LogP contribution is 2.31. The molecule has 0 unspecified atom stereocenters. The monoisotopic (exact) mass is 428 g/mol. The van der Waals surface area contributed by atoms with Gasteiger partial charge in [-0.15, -0.1) is 0 Å². The van der Waals surface area contributed by atoms with E-state index >= 15 is 0 Å². The molecule has 2 aromatic heterocycles. The Morgan fingerprint density at radius 2 is 1.83 bits per heavy atom. The Morgan fingerprint density at radius 3 is 2.47 bits per heavy atom. The second-order valence-corrected chi connectivity index (χ2v) is 9.97. The fourth-order valence-electron chi connectivity index (χ4n) is 4.11. The van der Waals surface area contributed by atoms with Crippen LogP contribution >= 0.6 is 0 Å². The third-order valence-electron chi connectivity index (χ3n) is 5.77. The van der Waals surface area contributed by atoms with Crippen molar-refractivity contribution >= 4 is 21.2 Å². The maximum atomic E-state index is 13.1. The van der Waals surface area contributed by atoms with E-state index in [1.807, 2.05) is 24.3 Å². The lowest BCUT2D eigenvalue weighted by Gasteiger charge is -2.32. The molecular weight excluding hydrogens is 400 g/mol. The second-order valence-electron chi connectivity index (χ2n) is 8.04. The number of hydrogen-bond donors (Lipinski definition) is 0. The fourth-order valence-corrected chi connectivity index (χ4v) is 5.58. The van der Waals surface area contributed by atoms with Gasteiger partial charge in [0.25, 0.3) is 0 Å². The summed E-state index contributed by atoms with van der Waals surface area (Å²) < 4.78 is 35.3. The second kappa shape index (κ2) is 8.45. The van der Waals surface area contributed by atoms with E-state index in [0.717, 1.165) is 22.6 Å². The molecule has 3 aromatic rings. The molecule has 160 valence electrons. The van der Waals surface area contributed by atoms with Gasteiger partial charge in [0.15, 0.2) is 5.65 Å². The van der Waals surface area contributed by atoms with Gasteiger partial charge in [-0.1, -0.05) is 26.0 Å². The van der Waals surface area contributed by atoms with Crippen LogP contribution in [0.4, 0.5) is 0 Å². The van der Waals surface area contributed by atoms with Crippen molar-refractivity contribution in [2.75, 3.05) is 20.2 Å². The lowest BCUT2D eigenvalue weighted by atomic mass is 10.0. The number of piperidine rings is 1. The van der Waals surface area contributed by atoms with Gasteiger partial charge in [0.1, 0.15) is 17.9 Å². The molecule has 0 bridgehead atoms. The van der Waals surface area contributed by atoms with Gasteiger partial charge >= 0.3 is 0 Å². The highest BCUT2D eigenvalue weighted by molar-refractivity contribution is 7.89. The topological polar surface area (TPSA) is 77.3 Å². The van der Waals surface area contributed by atoms with Crippen LogP contribution in [-0.4, -0.2) is 47.5 Å². The summed E-state index contributed by atoms with van der Waals surface area (Å²) in [6, 6.07) is 11.2. The van der Waals surface area contributed by atoms with Crippen LogP contribution in [0.1, 0.15) is 50.0 Å². The molecule has 1 saturated heterocycles. The highest BCUT2D eigenvalue weighted by atomic mass is 32.2. The van der Waals surface area contributed by atoms with Gasteiger partial charge in [-0.3, -0.25) is 0 Å². The summed E-state index contributed by atoms with van der Waals surface area (Å²) in [6.07, 6.45) is 3.18. The molecule has 0 aliphatic carbocycles. The molecule has 7 nitrogen and oxygen atoms in total. The summed E-state index contributed by atoms with van der Waals surface area (Å²) in [5, 5.41) is 0. The molecule has 8 heteroatoms. The van der Waals surface area contributed by atoms with Crippen LogP contribution in [0, 0.1) is 0 Å². The number of benzene rings is 1. The lowest BCUT2D eigenvalue weighted by Crippen LogP contribution is -2.39. The fraction of sp³-hybridized carbons (Fsp3) is 0.455. The standard InChI is InChI=1S/C22H28N4O3S/c1-16(2)17-6-8-19(9-7-17)30(27,28)25-13-10-18(11-14-25)26-21(15-29-3)24-20-5-4-12-23-22(20)26/h4-9,12,16,18H,10-11,13-15H2,1-3H3. The molecule has 1 aliphatic rings. The zero-order chi connectivity index (χ0) is 21.3. The first kappa shape index (κ1) is 21.0. The van der Waals surface area contributed by atoms with Crippen LogP contribution in [0.5, 0.6) is 0 Å². The van der Waals surface area contributed by atoms with Crippen molar-refractivity contribution < 1.29 is 13.2 Å². The summed E-state index contributed by atoms with van der Waals surface area (Å²) in [4.78, 5) is 9.53. The number of aromatic nitrogens is 3. The van der Waals surface area contributed by atoms with E-state index in [1.54, 1.807) is 29.7 Å². The molecule has 0 amide bonds. The van der Waals surface area contributed by atoms with Crippen molar-refractivity contribution in [3.05, 3.63) is 54.0 Å². The molecular formula is C22H28N4O3S. The molecule has 0 atom stereocenters. The van der Waals surface area contributed by atoms with Crippen LogP contribution in [0.15, 0.2) is 47.5 Å². The van der Waals surface area contributed by atoms with Crippen molar-refractivity contribution in [2.45, 2.75) is 50.2 Å². The van der Waals surface area contributed by atoms with E-state index in [1.165, 1.54) is 0 Å². The third-order valence-corrected chi connectivity index (χ3v) is 7.68. The number of fused-ring (bicyclic) bond motifs is 1. The molecule has 1 aromatic carbocycles. The van der Waals surface area contributed by atoms with Crippen LogP contribution in [0.25, 0.3) is 11.2 Å². The van der Waals surface area contributed by atoms with E-state index in [4.69, 9.17) is 4.74 Å². The van der Waals surface area contributed by atoms with E-state index in [9.17, 15) is 8.42 Å². The van der Waals surface area contributed by atoms with E-state index in [2.05, 4.69) is 28.4 Å². The van der Waals surface area contributed by atoms with Crippen molar-refractivity contribution in [1.82, 2.24) is 18.8 Å². The predicted octanol–water partition coefficient (Wildman–Crippen LogP) is 3.73. The first-order valence-electron chi connectivity index (χ1n) is 10.3. The number of sulfonamides is 1. The van der Waals surface area contributed by atoms with Gasteiger partial charge in [0.05, 0.1) is 4.90 Å². The van der Waals surface area contributed by atoms with Crippen molar-refractivity contribution in [3.8, 4) is 0 Å². The van der Waals surface area contributed by atoms with Crippen molar-refractivity contribution in [2.24, 2.45) is 0 Å². The Balaban J connectivity index is 1.54. The van der Waals surface area contributed by atoms with Crippen LogP contribution in [0.2, 0.25) is 0 Å². The zero-order valence-corrected chi connectivity index (χ0v) is 18.5. The Morgan fingerprint density at radius 1 is 1.13 bits per heavy atom. The molecule has 3 heterocycles. The average Bonchev–Trinajstić information content (AvgIpc) is 3.12. The quantitative estimate of drug-likeness (QED) is 0.598. The molecule has 0 saturated carbocycles. The predicted molar refractivity (Wildman–Crippen MR) is 116 cm³/mol. The Bertz CT molecular complexity index is 1110. The number of ether oxygens (including phenoxy) is 1. The molecule has 1 fully saturated rings. The zero-order valence-electron chi connectivity index (χ0n) is 17.7. The Kier molecular flexibility index (Phi) is 5.90. The van der Waals surface area contributed by atoms with E-state index in [-0.39, 0.29) is 6.04 Å². The normalized spacial score (nSPS) is 16.5. The van der Waals surface area contributed by atoms with Gasteiger partial charge in [-0.05, 0) is 48.6 Å². The Labute approximate surface area is 177 Å². The minimum Gasteiger partial charge on any atom is -0.377 e. The minimum absolute atomic E-state index is 0.143. The smallest absolute Gasteiger partial charge is 0.243 e. The van der Waals surface area contributed by atoms with Crippen molar-refractivity contribution in [1.29, 1.82) is 0 Å². The van der Waals surface area contributed by atoms with E-state index < -0.39 is 10.0 Å². The molecule has 0 radical (unpaired) electrons. The number of nitrogens with zero attached hydrogens (tertiary/aromatic N) is 4. The summed E-state index contributed by atoms with van der Waals surface area (Å²) in [7, 11) is -1.84. The number of methoxy groups -OCH3 is 1. The highest BCUT2D eigenvalue weighted by Gasteiger charge is 2.31. The maximum absolute atomic E-state index is 13.1. The number of pyridine rings is 1. The van der Waals surface area contributed by atoms with Crippen LogP contribution < -0.4 is 0 Å². The summed E-state index contributed by atoms with van der Waals surface area (Å²) in [5.41, 5.74) is 2.80. The largest absolute Gasteiger partial charge is 0.377 e. The number of hydrogen-bond acceptors (Lipinski definition) is 5. The van der Waals surface area contributed by atoms with Gasteiger partial charge in [-0.2, -0.15) is 4.31 Å². The van der Waals surface area contributed by atoms with Crippen LogP contribution in [-0.2, 0) is 21.4 Å². The maximum Gasteiger partial charge on any atom is 0.243 e. The van der Waals surface area contributed by atoms with Crippen LogP contribution in [0.3, 0.4) is 0 Å². The summed E-state index contributed by atoms with van der Waals surface area (Å²) >= 11 is 0. The minimum atomic E-state index is -3.49. The SMILES string of the molecule is COCc1nc2cccnc2n1C1CCN(S(=O)(=O)c2ccc(C(C)C)cc2)CC1. The molecule has 4 rings (SSSR count). The van der Waals surface area contributed by atoms with Gasteiger partial charge < -0.3 is 9.30 Å². The number of rotatable bonds is 6. The van der Waals surface area contributed by atoms with Gasteiger partial charge in [-0.25, -0.2) is 18.4 Å². The molecule has 0 N–H and O–H groups in total. The van der Waals surface area contributed by atoms with Crippen molar-refractivity contribution in [3.63, 3.8) is 0 Å². The van der Waals surface area contributed by atoms with E-state index in [0.29, 0.717) is 43.4 Å². The first-order valence-corrected chi connectivity index (χ1v) is 11.8. The number of imidazole rings is 1. The Hall–Kier alpha value is -2.29. The molecule has 1 aliphatic heterocycles.